The molecule has 2 heterocycles. The SMILES string of the molecule is NCc1cccc(-c2cc([C@H]3CNc4cccc(CC(=O)O)c4O3)cc3ccoc23)c1F. The highest BCUT2D eigenvalue weighted by Gasteiger charge is 2.26. The summed E-state index contributed by atoms with van der Waals surface area (Å²) in [7, 11) is 0. The van der Waals surface area contributed by atoms with Crippen LogP contribution >= 0.6 is 0 Å². The molecule has 0 fully saturated rings. The van der Waals surface area contributed by atoms with E-state index < -0.39 is 12.1 Å². The molecule has 0 saturated heterocycles. The quantitative estimate of drug-likeness (QED) is 0.416. The van der Waals surface area contributed by atoms with Crippen LogP contribution in [0.3, 0.4) is 0 Å². The minimum Gasteiger partial charge on any atom is -0.481 e. The summed E-state index contributed by atoms with van der Waals surface area (Å²) in [5, 5.41) is 13.4. The molecule has 1 aliphatic rings. The van der Waals surface area contributed by atoms with Crippen LogP contribution in [0.2, 0.25) is 0 Å². The topological polar surface area (TPSA) is 97.7 Å². The number of anilines is 1. The van der Waals surface area contributed by atoms with E-state index >= 15 is 4.39 Å². The summed E-state index contributed by atoms with van der Waals surface area (Å²) in [4.78, 5) is 11.3. The molecule has 0 aliphatic carbocycles. The summed E-state index contributed by atoms with van der Waals surface area (Å²) in [6.07, 6.45) is 1.04. The van der Waals surface area contributed by atoms with E-state index in [4.69, 9.17) is 14.9 Å². The van der Waals surface area contributed by atoms with E-state index in [0.717, 1.165) is 16.6 Å². The number of para-hydroxylation sites is 1. The molecule has 32 heavy (non-hydrogen) atoms. The maximum Gasteiger partial charge on any atom is 0.307 e. The lowest BCUT2D eigenvalue weighted by Gasteiger charge is -2.29. The number of furan rings is 1. The van der Waals surface area contributed by atoms with Crippen LogP contribution in [0.4, 0.5) is 10.1 Å². The van der Waals surface area contributed by atoms with Crippen LogP contribution in [0.1, 0.15) is 22.8 Å². The number of ether oxygens (including phenoxy) is 1. The van der Waals surface area contributed by atoms with Gasteiger partial charge in [0.25, 0.3) is 0 Å². The largest absolute Gasteiger partial charge is 0.481 e. The number of nitrogens with two attached hydrogens (primary N) is 1. The summed E-state index contributed by atoms with van der Waals surface area (Å²) < 4.78 is 27.1. The lowest BCUT2D eigenvalue weighted by Crippen LogP contribution is -2.24. The minimum atomic E-state index is -0.929. The Labute approximate surface area is 183 Å². The molecule has 0 radical (unpaired) electrons. The lowest BCUT2D eigenvalue weighted by atomic mass is 9.95. The van der Waals surface area contributed by atoms with Crippen molar-refractivity contribution in [3.8, 4) is 16.9 Å². The molecule has 6 nitrogen and oxygen atoms in total. The molecule has 1 aliphatic heterocycles. The molecular formula is C25H21FN2O4. The number of carbonyl (C=O) groups is 1. The van der Waals surface area contributed by atoms with Crippen molar-refractivity contribution in [2.45, 2.75) is 19.1 Å². The average Bonchev–Trinajstić information content (AvgIpc) is 3.27. The zero-order valence-electron chi connectivity index (χ0n) is 17.1. The summed E-state index contributed by atoms with van der Waals surface area (Å²) in [6, 6.07) is 16.2. The van der Waals surface area contributed by atoms with E-state index in [2.05, 4.69) is 5.32 Å². The highest BCUT2D eigenvalue weighted by Crippen LogP contribution is 2.40. The number of benzene rings is 3. The maximum absolute atomic E-state index is 15.1. The molecule has 0 amide bonds. The molecule has 4 aromatic rings. The number of aliphatic carboxylic acids is 1. The molecule has 0 saturated carbocycles. The van der Waals surface area contributed by atoms with Gasteiger partial charge in [0.05, 0.1) is 24.9 Å². The Morgan fingerprint density at radius 1 is 1.12 bits per heavy atom. The second-order valence-electron chi connectivity index (χ2n) is 7.74. The van der Waals surface area contributed by atoms with Gasteiger partial charge in [-0.2, -0.15) is 0 Å². The number of carboxylic acid groups (broad SMARTS) is 1. The van der Waals surface area contributed by atoms with Crippen molar-refractivity contribution in [1.82, 2.24) is 0 Å². The molecule has 4 N–H and O–H groups in total. The van der Waals surface area contributed by atoms with Gasteiger partial charge < -0.3 is 25.3 Å². The Morgan fingerprint density at radius 3 is 2.75 bits per heavy atom. The summed E-state index contributed by atoms with van der Waals surface area (Å²) >= 11 is 0. The normalized spacial score (nSPS) is 15.1. The number of halogens is 1. The van der Waals surface area contributed by atoms with Crippen LogP contribution < -0.4 is 15.8 Å². The highest BCUT2D eigenvalue weighted by atomic mass is 19.1. The van der Waals surface area contributed by atoms with E-state index in [1.165, 1.54) is 0 Å². The van der Waals surface area contributed by atoms with Crippen molar-refractivity contribution in [1.29, 1.82) is 0 Å². The number of hydrogen-bond acceptors (Lipinski definition) is 5. The van der Waals surface area contributed by atoms with Crippen molar-refractivity contribution in [3.63, 3.8) is 0 Å². The number of nitrogens with one attached hydrogen (secondary N) is 1. The Bertz CT molecular complexity index is 1330. The molecule has 1 aromatic heterocycles. The Morgan fingerprint density at radius 2 is 1.94 bits per heavy atom. The van der Waals surface area contributed by atoms with Gasteiger partial charge in [0, 0.05) is 34.2 Å². The lowest BCUT2D eigenvalue weighted by molar-refractivity contribution is -0.136. The van der Waals surface area contributed by atoms with Gasteiger partial charge in [0.2, 0.25) is 0 Å². The Balaban J connectivity index is 1.59. The fraction of sp³-hybridized carbons (Fsp3) is 0.160. The van der Waals surface area contributed by atoms with Crippen LogP contribution in [0.25, 0.3) is 22.1 Å². The third-order valence-corrected chi connectivity index (χ3v) is 5.71. The first-order valence-corrected chi connectivity index (χ1v) is 10.3. The average molecular weight is 432 g/mol. The third kappa shape index (κ3) is 3.46. The van der Waals surface area contributed by atoms with Gasteiger partial charge in [-0.15, -0.1) is 0 Å². The van der Waals surface area contributed by atoms with Crippen LogP contribution in [-0.4, -0.2) is 17.6 Å². The predicted octanol–water partition coefficient (Wildman–Crippen LogP) is 4.87. The van der Waals surface area contributed by atoms with Crippen LogP contribution in [0.15, 0.2) is 65.3 Å². The molecule has 1 atom stereocenters. The molecule has 0 bridgehead atoms. The summed E-state index contributed by atoms with van der Waals surface area (Å²) in [5.41, 5.74) is 9.91. The fourth-order valence-electron chi connectivity index (χ4n) is 4.17. The van der Waals surface area contributed by atoms with Crippen molar-refractivity contribution < 1.29 is 23.4 Å². The zero-order valence-corrected chi connectivity index (χ0v) is 17.1. The van der Waals surface area contributed by atoms with E-state index in [-0.39, 0.29) is 18.8 Å². The molecule has 3 aromatic carbocycles. The summed E-state index contributed by atoms with van der Waals surface area (Å²) in [5.74, 6) is -0.778. The van der Waals surface area contributed by atoms with E-state index in [1.807, 2.05) is 24.3 Å². The zero-order chi connectivity index (χ0) is 22.2. The second kappa shape index (κ2) is 8.01. The first-order valence-electron chi connectivity index (χ1n) is 10.3. The summed E-state index contributed by atoms with van der Waals surface area (Å²) in [6.45, 7) is 0.580. The van der Waals surface area contributed by atoms with E-state index in [1.54, 1.807) is 36.6 Å². The van der Waals surface area contributed by atoms with Gasteiger partial charge in [0.1, 0.15) is 23.3 Å². The van der Waals surface area contributed by atoms with Gasteiger partial charge in [-0.05, 0) is 29.8 Å². The third-order valence-electron chi connectivity index (χ3n) is 5.71. The highest BCUT2D eigenvalue weighted by molar-refractivity contribution is 5.93. The van der Waals surface area contributed by atoms with E-state index in [0.29, 0.717) is 40.1 Å². The first-order chi connectivity index (χ1) is 15.5. The van der Waals surface area contributed by atoms with Crippen molar-refractivity contribution >= 4 is 22.6 Å². The smallest absolute Gasteiger partial charge is 0.307 e. The predicted molar refractivity (Wildman–Crippen MR) is 119 cm³/mol. The molecule has 0 spiro atoms. The Hall–Kier alpha value is -3.84. The molecule has 0 unspecified atom stereocenters. The van der Waals surface area contributed by atoms with Gasteiger partial charge in [-0.3, -0.25) is 4.79 Å². The number of rotatable bonds is 5. The maximum atomic E-state index is 15.1. The van der Waals surface area contributed by atoms with Crippen LogP contribution in [-0.2, 0) is 17.8 Å². The molecule has 5 rings (SSSR count). The monoisotopic (exact) mass is 432 g/mol. The van der Waals surface area contributed by atoms with Gasteiger partial charge >= 0.3 is 5.97 Å². The molecule has 7 heteroatoms. The van der Waals surface area contributed by atoms with Crippen molar-refractivity contribution in [3.05, 3.63) is 83.4 Å². The van der Waals surface area contributed by atoms with Crippen molar-refractivity contribution in [2.75, 3.05) is 11.9 Å². The van der Waals surface area contributed by atoms with Crippen LogP contribution in [0.5, 0.6) is 5.75 Å². The molecular weight excluding hydrogens is 411 g/mol. The van der Waals surface area contributed by atoms with Crippen molar-refractivity contribution in [2.24, 2.45) is 5.73 Å². The molecule has 162 valence electrons. The standard InChI is InChI=1S/C25H21FN2O4/c26-23-16(12-27)4-1-5-18(23)19-10-17(9-15-7-8-31-24(15)19)21-13-28-20-6-2-3-14(11-22(29)30)25(20)32-21/h1-10,21,28H,11-13,27H2,(H,29,30)/t21-/m1/s1. The Kier molecular flexibility index (Phi) is 5.03. The second-order valence-corrected chi connectivity index (χ2v) is 7.74. The van der Waals surface area contributed by atoms with E-state index in [9.17, 15) is 9.90 Å². The van der Waals surface area contributed by atoms with Crippen LogP contribution in [0, 0.1) is 5.82 Å². The first kappa shape index (κ1) is 20.1. The number of carboxylic acids is 1. The van der Waals surface area contributed by atoms with Gasteiger partial charge in [-0.25, -0.2) is 4.39 Å². The van der Waals surface area contributed by atoms with Gasteiger partial charge in [0.15, 0.2) is 0 Å². The minimum absolute atomic E-state index is 0.0967. The number of hydrogen-bond donors (Lipinski definition) is 3. The van der Waals surface area contributed by atoms with Gasteiger partial charge in [-0.1, -0.05) is 30.3 Å². The fourth-order valence-corrected chi connectivity index (χ4v) is 4.17. The number of fused-ring (bicyclic) bond motifs is 2.